The summed E-state index contributed by atoms with van der Waals surface area (Å²) < 4.78 is 21.3. The molecule has 8 heteroatoms. The number of nitrogens with one attached hydrogen (secondary N) is 2. The summed E-state index contributed by atoms with van der Waals surface area (Å²) >= 11 is 0. The zero-order valence-electron chi connectivity index (χ0n) is 19.6. The lowest BCUT2D eigenvalue weighted by Crippen LogP contribution is -2.44. The van der Waals surface area contributed by atoms with Crippen LogP contribution in [0.25, 0.3) is 0 Å². The lowest BCUT2D eigenvalue weighted by atomic mass is 10.2. The number of benzene rings is 1. The number of aliphatic imine (C=N–C) groups is 1. The summed E-state index contributed by atoms with van der Waals surface area (Å²) in [5.74, 6) is 2.56. The molecule has 0 spiro atoms. The van der Waals surface area contributed by atoms with Crippen LogP contribution < -0.4 is 20.1 Å². The van der Waals surface area contributed by atoms with Crippen LogP contribution in [0, 0.1) is 0 Å². The van der Waals surface area contributed by atoms with Crippen molar-refractivity contribution in [3.8, 4) is 11.5 Å². The molecule has 1 atom stereocenters. The van der Waals surface area contributed by atoms with Gasteiger partial charge in [-0.1, -0.05) is 0 Å². The van der Waals surface area contributed by atoms with Crippen molar-refractivity contribution in [2.24, 2.45) is 4.99 Å². The number of ether oxygens (including phenoxy) is 4. The van der Waals surface area contributed by atoms with Gasteiger partial charge in [-0.15, -0.1) is 0 Å². The topological polar surface area (TPSA) is 76.6 Å². The van der Waals surface area contributed by atoms with Crippen LogP contribution in [0.4, 0.5) is 0 Å². The summed E-state index contributed by atoms with van der Waals surface area (Å²) in [6.07, 6.45) is 3.12. The highest BCUT2D eigenvalue weighted by molar-refractivity contribution is 5.80. The van der Waals surface area contributed by atoms with E-state index < -0.39 is 0 Å². The molecule has 0 aromatic heterocycles. The summed E-state index contributed by atoms with van der Waals surface area (Å²) in [5.41, 5.74) is 1.20. The van der Waals surface area contributed by atoms with E-state index in [9.17, 15) is 0 Å². The fourth-order valence-corrected chi connectivity index (χ4v) is 3.57. The molecule has 1 aromatic carbocycles. The van der Waals surface area contributed by atoms with Gasteiger partial charge in [-0.25, -0.2) is 0 Å². The zero-order valence-corrected chi connectivity index (χ0v) is 19.6. The summed E-state index contributed by atoms with van der Waals surface area (Å²) in [7, 11) is 5.06. The number of rotatable bonds is 14. The van der Waals surface area contributed by atoms with Gasteiger partial charge in [-0.3, -0.25) is 9.89 Å². The van der Waals surface area contributed by atoms with E-state index in [1.165, 1.54) is 5.56 Å². The second kappa shape index (κ2) is 14.9. The first-order valence-corrected chi connectivity index (χ1v) is 11.2. The minimum absolute atomic E-state index is 0.391. The van der Waals surface area contributed by atoms with Crippen LogP contribution in [-0.2, 0) is 16.0 Å². The van der Waals surface area contributed by atoms with Gasteiger partial charge >= 0.3 is 0 Å². The quantitative estimate of drug-likeness (QED) is 0.263. The Balaban J connectivity index is 1.76. The largest absolute Gasteiger partial charge is 0.497 e. The van der Waals surface area contributed by atoms with Crippen LogP contribution in [0.1, 0.15) is 31.7 Å². The number of nitrogens with zero attached hydrogens (tertiary/aromatic N) is 2. The third kappa shape index (κ3) is 9.76. The molecule has 31 heavy (non-hydrogen) atoms. The van der Waals surface area contributed by atoms with Crippen LogP contribution >= 0.6 is 0 Å². The van der Waals surface area contributed by atoms with Gasteiger partial charge in [0.05, 0.1) is 27.4 Å². The number of guanidine groups is 1. The summed E-state index contributed by atoms with van der Waals surface area (Å²) in [6.45, 7) is 8.72. The maximum Gasteiger partial charge on any atom is 0.191 e. The number of hydrogen-bond acceptors (Lipinski definition) is 6. The lowest BCUT2D eigenvalue weighted by molar-refractivity contribution is 0.0690. The molecule has 1 saturated heterocycles. The van der Waals surface area contributed by atoms with E-state index in [2.05, 4.69) is 34.6 Å². The first kappa shape index (κ1) is 25.2. The van der Waals surface area contributed by atoms with Crippen molar-refractivity contribution in [2.75, 3.05) is 67.3 Å². The van der Waals surface area contributed by atoms with E-state index >= 15 is 0 Å². The molecular weight excluding hydrogens is 396 g/mol. The van der Waals surface area contributed by atoms with Gasteiger partial charge in [0.25, 0.3) is 0 Å². The number of likely N-dealkylation sites (tertiary alicyclic amines) is 1. The Morgan fingerprint density at radius 3 is 2.52 bits per heavy atom. The average molecular weight is 437 g/mol. The fraction of sp³-hybridized carbons (Fsp3) is 0.696. The molecule has 0 bridgehead atoms. The lowest BCUT2D eigenvalue weighted by Gasteiger charge is -2.19. The Morgan fingerprint density at radius 1 is 1.06 bits per heavy atom. The van der Waals surface area contributed by atoms with Crippen molar-refractivity contribution in [3.63, 3.8) is 0 Å². The van der Waals surface area contributed by atoms with Crippen molar-refractivity contribution < 1.29 is 18.9 Å². The van der Waals surface area contributed by atoms with E-state index in [-0.39, 0.29) is 0 Å². The normalized spacial score (nSPS) is 17.0. The molecule has 1 aromatic rings. The molecule has 1 aliphatic rings. The van der Waals surface area contributed by atoms with E-state index in [1.807, 2.05) is 6.07 Å². The minimum Gasteiger partial charge on any atom is -0.497 e. The van der Waals surface area contributed by atoms with Gasteiger partial charge < -0.3 is 29.6 Å². The number of hydrogen-bond donors (Lipinski definition) is 2. The van der Waals surface area contributed by atoms with Crippen molar-refractivity contribution in [1.29, 1.82) is 0 Å². The standard InChI is InChI=1S/C23H40N4O4/c1-5-24-23(25-9-6-7-11-31-13-12-28-2)26-20-8-10-27(18-20)17-19-14-21(29-3)16-22(15-19)30-4/h14-16,20H,5-13,17-18H2,1-4H3,(H2,24,25,26). The highest BCUT2D eigenvalue weighted by atomic mass is 16.5. The number of unbranched alkanes of at least 4 members (excludes halogenated alkanes) is 1. The van der Waals surface area contributed by atoms with E-state index in [4.69, 9.17) is 23.9 Å². The van der Waals surface area contributed by atoms with E-state index in [0.29, 0.717) is 19.3 Å². The summed E-state index contributed by atoms with van der Waals surface area (Å²) in [4.78, 5) is 7.18. The molecule has 2 rings (SSSR count). The van der Waals surface area contributed by atoms with Gasteiger partial charge in [0.15, 0.2) is 5.96 Å². The molecule has 1 heterocycles. The maximum absolute atomic E-state index is 5.50. The van der Waals surface area contributed by atoms with Crippen LogP contribution in [-0.4, -0.2) is 84.2 Å². The van der Waals surface area contributed by atoms with E-state index in [0.717, 1.165) is 76.1 Å². The Bertz CT molecular complexity index is 634. The first-order valence-electron chi connectivity index (χ1n) is 11.2. The average Bonchev–Trinajstić information content (AvgIpc) is 3.21. The molecule has 2 N–H and O–H groups in total. The predicted molar refractivity (Wildman–Crippen MR) is 124 cm³/mol. The van der Waals surface area contributed by atoms with Gasteiger partial charge in [0.1, 0.15) is 11.5 Å². The molecule has 1 fully saturated rings. The van der Waals surface area contributed by atoms with Crippen molar-refractivity contribution in [1.82, 2.24) is 15.5 Å². The summed E-state index contributed by atoms with van der Waals surface area (Å²) in [6, 6.07) is 6.45. The van der Waals surface area contributed by atoms with Crippen LogP contribution in [0.5, 0.6) is 11.5 Å². The molecule has 0 aliphatic carbocycles. The van der Waals surface area contributed by atoms with Crippen LogP contribution in [0.15, 0.2) is 23.2 Å². The van der Waals surface area contributed by atoms with Crippen molar-refractivity contribution in [3.05, 3.63) is 23.8 Å². The molecule has 0 amide bonds. The molecule has 1 unspecified atom stereocenters. The first-order chi connectivity index (χ1) is 15.2. The molecule has 176 valence electrons. The molecule has 8 nitrogen and oxygen atoms in total. The van der Waals surface area contributed by atoms with Crippen molar-refractivity contribution in [2.45, 2.75) is 38.8 Å². The Hall–Kier alpha value is -2.03. The van der Waals surface area contributed by atoms with Gasteiger partial charge in [0, 0.05) is 58.5 Å². The highest BCUT2D eigenvalue weighted by Crippen LogP contribution is 2.24. The Kier molecular flexibility index (Phi) is 12.1. The highest BCUT2D eigenvalue weighted by Gasteiger charge is 2.23. The number of methoxy groups -OCH3 is 3. The molecule has 0 radical (unpaired) electrons. The van der Waals surface area contributed by atoms with Gasteiger partial charge in [0.2, 0.25) is 0 Å². The monoisotopic (exact) mass is 436 g/mol. The van der Waals surface area contributed by atoms with Crippen LogP contribution in [0.3, 0.4) is 0 Å². The third-order valence-corrected chi connectivity index (χ3v) is 5.17. The Labute approximate surface area is 187 Å². The smallest absolute Gasteiger partial charge is 0.191 e. The maximum atomic E-state index is 5.50. The van der Waals surface area contributed by atoms with Gasteiger partial charge in [-0.05, 0) is 43.9 Å². The zero-order chi connectivity index (χ0) is 22.3. The molecule has 1 aliphatic heterocycles. The van der Waals surface area contributed by atoms with Gasteiger partial charge in [-0.2, -0.15) is 0 Å². The fourth-order valence-electron chi connectivity index (χ4n) is 3.57. The predicted octanol–water partition coefficient (Wildman–Crippen LogP) is 2.28. The minimum atomic E-state index is 0.391. The second-order valence-electron chi connectivity index (χ2n) is 7.66. The van der Waals surface area contributed by atoms with Crippen molar-refractivity contribution >= 4 is 5.96 Å². The molecular formula is C23H40N4O4. The third-order valence-electron chi connectivity index (χ3n) is 5.17. The summed E-state index contributed by atoms with van der Waals surface area (Å²) in [5, 5.41) is 6.96. The molecule has 0 saturated carbocycles. The SMILES string of the molecule is CCNC(=NCCCCOCCOC)NC1CCN(Cc2cc(OC)cc(OC)c2)C1. The van der Waals surface area contributed by atoms with E-state index in [1.54, 1.807) is 21.3 Å². The Morgan fingerprint density at radius 2 is 1.84 bits per heavy atom. The van der Waals surface area contributed by atoms with Crippen LogP contribution in [0.2, 0.25) is 0 Å². The second-order valence-corrected chi connectivity index (χ2v) is 7.66.